The van der Waals surface area contributed by atoms with E-state index >= 15 is 0 Å². The first kappa shape index (κ1) is 20.5. The Morgan fingerprint density at radius 3 is 2.34 bits per heavy atom. The van der Waals surface area contributed by atoms with E-state index in [1.54, 1.807) is 18.2 Å². The van der Waals surface area contributed by atoms with Gasteiger partial charge in [0.15, 0.2) is 11.0 Å². The van der Waals surface area contributed by atoms with Crippen LogP contribution in [0.3, 0.4) is 0 Å². The lowest BCUT2D eigenvalue weighted by Crippen LogP contribution is -2.14. The van der Waals surface area contributed by atoms with Crippen molar-refractivity contribution in [3.05, 3.63) is 84.7 Å². The maximum Gasteiger partial charge on any atom is 0.234 e. The highest BCUT2D eigenvalue weighted by Gasteiger charge is 2.31. The molecule has 1 aromatic heterocycles. The molecule has 0 aliphatic heterocycles. The van der Waals surface area contributed by atoms with Gasteiger partial charge in [0.25, 0.3) is 0 Å². The molecule has 5 rings (SSSR count). The zero-order valence-electron chi connectivity index (χ0n) is 17.2. The Bertz CT molecular complexity index is 1240. The number of nitrogens with one attached hydrogen (secondary N) is 1. The van der Waals surface area contributed by atoms with E-state index in [0.717, 1.165) is 29.7 Å². The number of nitrogens with zero attached hydrogens (tertiary/aromatic N) is 3. The average molecular weight is 445 g/mol. The number of carbonyl (C=O) groups is 1. The molecule has 1 heterocycles. The summed E-state index contributed by atoms with van der Waals surface area (Å²) >= 11 is 1.32. The molecule has 1 amide bonds. The van der Waals surface area contributed by atoms with Gasteiger partial charge in [-0.05, 0) is 48.2 Å². The average Bonchev–Trinajstić information content (AvgIpc) is 3.58. The van der Waals surface area contributed by atoms with Crippen molar-refractivity contribution >= 4 is 23.4 Å². The summed E-state index contributed by atoms with van der Waals surface area (Å²) in [6, 6.07) is 24.7. The number of rotatable bonds is 7. The summed E-state index contributed by atoms with van der Waals surface area (Å²) in [6.45, 7) is 0. The quantitative estimate of drug-likeness (QED) is 0.365. The van der Waals surface area contributed by atoms with E-state index in [-0.39, 0.29) is 23.5 Å². The zero-order valence-corrected chi connectivity index (χ0v) is 18.1. The van der Waals surface area contributed by atoms with E-state index in [0.29, 0.717) is 16.5 Å². The molecular formula is C25H21FN4OS. The number of benzene rings is 3. The van der Waals surface area contributed by atoms with Crippen molar-refractivity contribution in [2.24, 2.45) is 0 Å². The lowest BCUT2D eigenvalue weighted by Gasteiger charge is -2.10. The molecule has 32 heavy (non-hydrogen) atoms. The van der Waals surface area contributed by atoms with Crippen LogP contribution in [0, 0.1) is 5.82 Å². The van der Waals surface area contributed by atoms with E-state index in [1.165, 1.54) is 17.8 Å². The Morgan fingerprint density at radius 2 is 1.62 bits per heavy atom. The third-order valence-corrected chi connectivity index (χ3v) is 6.24. The smallest absolute Gasteiger partial charge is 0.234 e. The van der Waals surface area contributed by atoms with Gasteiger partial charge in [0, 0.05) is 11.7 Å². The minimum atomic E-state index is -0.324. The molecule has 1 N–H and O–H groups in total. The van der Waals surface area contributed by atoms with Crippen molar-refractivity contribution in [2.75, 3.05) is 11.1 Å². The Hall–Kier alpha value is -3.45. The normalized spacial score (nSPS) is 13.2. The number of carbonyl (C=O) groups excluding carboxylic acids is 1. The predicted octanol–water partition coefficient (Wildman–Crippen LogP) is 5.82. The number of amides is 1. The Morgan fingerprint density at radius 1 is 0.938 bits per heavy atom. The molecule has 0 radical (unpaired) electrons. The second-order valence-electron chi connectivity index (χ2n) is 7.67. The monoisotopic (exact) mass is 444 g/mol. The Kier molecular flexibility index (Phi) is 5.73. The summed E-state index contributed by atoms with van der Waals surface area (Å²) < 4.78 is 16.3. The topological polar surface area (TPSA) is 59.8 Å². The highest BCUT2D eigenvalue weighted by Crippen LogP contribution is 2.41. The first-order chi connectivity index (χ1) is 15.7. The van der Waals surface area contributed by atoms with Crippen LogP contribution in [0.15, 0.2) is 84.0 Å². The predicted molar refractivity (Wildman–Crippen MR) is 125 cm³/mol. The summed E-state index contributed by atoms with van der Waals surface area (Å²) in [5, 5.41) is 12.0. The van der Waals surface area contributed by atoms with E-state index in [4.69, 9.17) is 0 Å². The summed E-state index contributed by atoms with van der Waals surface area (Å²) in [5.41, 5.74) is 3.40. The molecule has 1 fully saturated rings. The molecule has 0 saturated heterocycles. The van der Waals surface area contributed by atoms with Crippen LogP contribution in [0.5, 0.6) is 0 Å². The number of hydrogen-bond donors (Lipinski definition) is 1. The third kappa shape index (κ3) is 4.43. The Balaban J connectivity index is 1.25. The van der Waals surface area contributed by atoms with Crippen LogP contribution >= 0.6 is 11.8 Å². The van der Waals surface area contributed by atoms with Crippen LogP contribution in [-0.2, 0) is 4.79 Å². The van der Waals surface area contributed by atoms with Gasteiger partial charge in [-0.3, -0.25) is 9.36 Å². The third-order valence-electron chi connectivity index (χ3n) is 5.30. The van der Waals surface area contributed by atoms with Crippen LogP contribution in [0.4, 0.5) is 10.1 Å². The minimum Gasteiger partial charge on any atom is -0.325 e. The zero-order chi connectivity index (χ0) is 21.9. The van der Waals surface area contributed by atoms with Gasteiger partial charge in [0.2, 0.25) is 5.91 Å². The lowest BCUT2D eigenvalue weighted by molar-refractivity contribution is -0.113. The highest BCUT2D eigenvalue weighted by atomic mass is 32.2. The van der Waals surface area contributed by atoms with Gasteiger partial charge in [0.05, 0.1) is 11.3 Å². The largest absolute Gasteiger partial charge is 0.325 e. The van der Waals surface area contributed by atoms with E-state index in [2.05, 4.69) is 27.6 Å². The number of thioether (sulfide) groups is 1. The molecule has 5 nitrogen and oxygen atoms in total. The Labute approximate surface area is 189 Å². The molecule has 3 aromatic carbocycles. The minimum absolute atomic E-state index is 0.125. The van der Waals surface area contributed by atoms with Crippen molar-refractivity contribution in [3.8, 4) is 22.5 Å². The number of hydrogen-bond acceptors (Lipinski definition) is 4. The van der Waals surface area contributed by atoms with Gasteiger partial charge in [-0.2, -0.15) is 0 Å². The SMILES string of the molecule is O=C(CSc1nnc(-c2ccccc2F)n1C1CC1)Nc1ccc(-c2ccccc2)cc1. The van der Waals surface area contributed by atoms with Gasteiger partial charge in [0.1, 0.15) is 5.82 Å². The lowest BCUT2D eigenvalue weighted by atomic mass is 10.1. The number of anilines is 1. The highest BCUT2D eigenvalue weighted by molar-refractivity contribution is 7.99. The van der Waals surface area contributed by atoms with Crippen LogP contribution in [0.1, 0.15) is 18.9 Å². The van der Waals surface area contributed by atoms with Crippen LogP contribution in [0.25, 0.3) is 22.5 Å². The molecule has 1 aliphatic rings. The molecule has 0 atom stereocenters. The molecule has 0 unspecified atom stereocenters. The maximum atomic E-state index is 14.3. The molecule has 160 valence electrons. The van der Waals surface area contributed by atoms with Crippen molar-refractivity contribution in [1.82, 2.24) is 14.8 Å². The second-order valence-corrected chi connectivity index (χ2v) is 8.61. The molecule has 1 aliphatic carbocycles. The first-order valence-corrected chi connectivity index (χ1v) is 11.5. The van der Waals surface area contributed by atoms with Gasteiger partial charge in [-0.15, -0.1) is 10.2 Å². The van der Waals surface area contributed by atoms with Crippen LogP contribution in [0.2, 0.25) is 0 Å². The summed E-state index contributed by atoms with van der Waals surface area (Å²) in [4.78, 5) is 12.5. The fourth-order valence-corrected chi connectivity index (χ4v) is 4.37. The van der Waals surface area contributed by atoms with Crippen molar-refractivity contribution in [2.45, 2.75) is 24.0 Å². The van der Waals surface area contributed by atoms with Gasteiger partial charge in [-0.1, -0.05) is 66.4 Å². The van der Waals surface area contributed by atoms with Crippen molar-refractivity contribution < 1.29 is 9.18 Å². The maximum absolute atomic E-state index is 14.3. The molecule has 1 saturated carbocycles. The summed E-state index contributed by atoms with van der Waals surface area (Å²) in [7, 11) is 0. The van der Waals surface area contributed by atoms with Gasteiger partial charge < -0.3 is 5.32 Å². The fourth-order valence-electron chi connectivity index (χ4n) is 3.57. The van der Waals surface area contributed by atoms with Gasteiger partial charge >= 0.3 is 0 Å². The molecule has 0 bridgehead atoms. The summed E-state index contributed by atoms with van der Waals surface area (Å²) in [5.74, 6) is 0.267. The fraction of sp³-hybridized carbons (Fsp3) is 0.160. The van der Waals surface area contributed by atoms with Crippen molar-refractivity contribution in [3.63, 3.8) is 0 Å². The van der Waals surface area contributed by atoms with Crippen LogP contribution < -0.4 is 5.32 Å². The van der Waals surface area contributed by atoms with E-state index in [1.807, 2.05) is 47.0 Å². The van der Waals surface area contributed by atoms with Crippen LogP contribution in [-0.4, -0.2) is 26.4 Å². The number of aromatic nitrogens is 3. The molecule has 7 heteroatoms. The summed E-state index contributed by atoms with van der Waals surface area (Å²) in [6.07, 6.45) is 2.01. The van der Waals surface area contributed by atoms with E-state index < -0.39 is 0 Å². The van der Waals surface area contributed by atoms with E-state index in [9.17, 15) is 9.18 Å². The number of halogens is 1. The standard InChI is InChI=1S/C25H21FN4OS/c26-22-9-5-4-8-21(22)24-28-29-25(30(24)20-14-15-20)32-16-23(31)27-19-12-10-18(11-13-19)17-6-2-1-3-7-17/h1-13,20H,14-16H2,(H,27,31). The molecule has 4 aromatic rings. The molecular weight excluding hydrogens is 423 g/mol. The first-order valence-electron chi connectivity index (χ1n) is 10.5. The van der Waals surface area contributed by atoms with Crippen molar-refractivity contribution in [1.29, 1.82) is 0 Å². The molecule has 0 spiro atoms. The van der Waals surface area contributed by atoms with Gasteiger partial charge in [-0.25, -0.2) is 4.39 Å². The second kappa shape index (κ2) is 8.96.